The topological polar surface area (TPSA) is 84.5 Å². The molecule has 32 heavy (non-hydrogen) atoms. The molecule has 168 valence electrons. The van der Waals surface area contributed by atoms with Gasteiger partial charge in [0.25, 0.3) is 0 Å². The maximum atomic E-state index is 14.0. The molecule has 3 aromatic rings. The van der Waals surface area contributed by atoms with Crippen LogP contribution in [0.3, 0.4) is 0 Å². The van der Waals surface area contributed by atoms with Gasteiger partial charge in [0.1, 0.15) is 17.6 Å². The molecule has 1 amide bonds. The van der Waals surface area contributed by atoms with Gasteiger partial charge in [-0.15, -0.1) is 0 Å². The number of sulfonamides is 1. The molecule has 0 aliphatic rings. The van der Waals surface area contributed by atoms with Crippen molar-refractivity contribution in [2.75, 3.05) is 11.9 Å². The van der Waals surface area contributed by atoms with E-state index < -0.39 is 27.8 Å². The molecule has 1 atom stereocenters. The SMILES string of the molecule is CCOc1ccc(S(=O)(=O)N[C@H](Cc2ccccc2)C(=O)Nc2ccccc2F)cc1Cl. The summed E-state index contributed by atoms with van der Waals surface area (Å²) in [5.41, 5.74) is 0.687. The quantitative estimate of drug-likeness (QED) is 0.479. The Labute approximate surface area is 191 Å². The Morgan fingerprint density at radius 2 is 1.75 bits per heavy atom. The average molecular weight is 477 g/mol. The third kappa shape index (κ3) is 6.06. The Kier molecular flexibility index (Phi) is 7.84. The Balaban J connectivity index is 1.88. The minimum Gasteiger partial charge on any atom is -0.492 e. The van der Waals surface area contributed by atoms with E-state index in [2.05, 4.69) is 10.0 Å². The van der Waals surface area contributed by atoms with E-state index in [1.807, 2.05) is 6.07 Å². The zero-order chi connectivity index (χ0) is 23.1. The highest BCUT2D eigenvalue weighted by molar-refractivity contribution is 7.89. The molecular weight excluding hydrogens is 455 g/mol. The van der Waals surface area contributed by atoms with Crippen LogP contribution >= 0.6 is 11.6 Å². The summed E-state index contributed by atoms with van der Waals surface area (Å²) in [5, 5.41) is 2.58. The van der Waals surface area contributed by atoms with Gasteiger partial charge in [0, 0.05) is 0 Å². The Morgan fingerprint density at radius 3 is 2.41 bits per heavy atom. The van der Waals surface area contributed by atoms with Crippen LogP contribution in [-0.4, -0.2) is 27.0 Å². The van der Waals surface area contributed by atoms with Crippen LogP contribution < -0.4 is 14.8 Å². The van der Waals surface area contributed by atoms with Gasteiger partial charge >= 0.3 is 0 Å². The van der Waals surface area contributed by atoms with Crippen molar-refractivity contribution in [1.82, 2.24) is 4.72 Å². The normalized spacial score (nSPS) is 12.2. The molecule has 0 fully saturated rings. The lowest BCUT2D eigenvalue weighted by molar-refractivity contribution is -0.117. The second-order valence-corrected chi connectivity index (χ2v) is 8.98. The van der Waals surface area contributed by atoms with Crippen LogP contribution in [-0.2, 0) is 21.2 Å². The van der Waals surface area contributed by atoms with E-state index in [0.29, 0.717) is 12.4 Å². The van der Waals surface area contributed by atoms with Crippen LogP contribution in [0.5, 0.6) is 5.75 Å². The van der Waals surface area contributed by atoms with Gasteiger partial charge in [-0.1, -0.05) is 54.1 Å². The summed E-state index contributed by atoms with van der Waals surface area (Å²) in [4.78, 5) is 12.8. The first-order valence-corrected chi connectivity index (χ1v) is 11.7. The number of anilines is 1. The summed E-state index contributed by atoms with van der Waals surface area (Å²) in [6, 6.07) is 17.4. The predicted molar refractivity (Wildman–Crippen MR) is 122 cm³/mol. The molecule has 0 aliphatic heterocycles. The fourth-order valence-electron chi connectivity index (χ4n) is 3.00. The van der Waals surface area contributed by atoms with Gasteiger partial charge in [0.2, 0.25) is 15.9 Å². The predicted octanol–water partition coefficient (Wildman–Crippen LogP) is 4.41. The molecule has 0 saturated heterocycles. The molecule has 0 aromatic heterocycles. The van der Waals surface area contributed by atoms with Gasteiger partial charge in [-0.05, 0) is 49.2 Å². The first-order valence-electron chi connectivity index (χ1n) is 9.84. The minimum absolute atomic E-state index is 0.0427. The molecule has 3 aromatic carbocycles. The maximum absolute atomic E-state index is 14.0. The highest BCUT2D eigenvalue weighted by Crippen LogP contribution is 2.27. The number of para-hydroxylation sites is 1. The van der Waals surface area contributed by atoms with Crippen molar-refractivity contribution in [3.05, 3.63) is 89.2 Å². The van der Waals surface area contributed by atoms with Crippen molar-refractivity contribution < 1.29 is 22.3 Å². The lowest BCUT2D eigenvalue weighted by Crippen LogP contribution is -2.45. The highest BCUT2D eigenvalue weighted by atomic mass is 35.5. The van der Waals surface area contributed by atoms with E-state index in [1.165, 1.54) is 36.4 Å². The van der Waals surface area contributed by atoms with Crippen molar-refractivity contribution in [2.45, 2.75) is 24.3 Å². The first-order chi connectivity index (χ1) is 15.3. The van der Waals surface area contributed by atoms with Gasteiger partial charge in [0.15, 0.2) is 0 Å². The molecule has 0 aliphatic carbocycles. The van der Waals surface area contributed by atoms with E-state index in [9.17, 15) is 17.6 Å². The molecule has 6 nitrogen and oxygen atoms in total. The largest absolute Gasteiger partial charge is 0.492 e. The summed E-state index contributed by atoms with van der Waals surface area (Å²) >= 11 is 6.13. The van der Waals surface area contributed by atoms with Crippen LogP contribution in [0.4, 0.5) is 10.1 Å². The number of hydrogen-bond donors (Lipinski definition) is 2. The zero-order valence-electron chi connectivity index (χ0n) is 17.2. The molecule has 0 radical (unpaired) electrons. The average Bonchev–Trinajstić information content (AvgIpc) is 2.77. The number of nitrogens with one attached hydrogen (secondary N) is 2. The Morgan fingerprint density at radius 1 is 1.06 bits per heavy atom. The summed E-state index contributed by atoms with van der Waals surface area (Å²) in [6.07, 6.45) is 0.0606. The minimum atomic E-state index is -4.13. The molecule has 2 N–H and O–H groups in total. The Bertz CT molecular complexity index is 1190. The summed E-state index contributed by atoms with van der Waals surface area (Å²) < 4.78 is 47.8. The van der Waals surface area contributed by atoms with Gasteiger partial charge in [-0.2, -0.15) is 4.72 Å². The number of benzene rings is 3. The number of carbonyl (C=O) groups is 1. The molecule has 0 spiro atoms. The van der Waals surface area contributed by atoms with E-state index in [4.69, 9.17) is 16.3 Å². The van der Waals surface area contributed by atoms with Crippen LogP contribution in [0.2, 0.25) is 5.02 Å². The van der Waals surface area contributed by atoms with E-state index >= 15 is 0 Å². The van der Waals surface area contributed by atoms with Gasteiger partial charge in [-0.25, -0.2) is 12.8 Å². The van der Waals surface area contributed by atoms with Crippen molar-refractivity contribution in [3.8, 4) is 5.75 Å². The summed E-state index contributed by atoms with van der Waals surface area (Å²) in [5.74, 6) is -0.966. The number of halogens is 2. The third-order valence-corrected chi connectivity index (χ3v) is 6.31. The zero-order valence-corrected chi connectivity index (χ0v) is 18.8. The van der Waals surface area contributed by atoms with Crippen LogP contribution in [0, 0.1) is 5.82 Å². The smallest absolute Gasteiger partial charge is 0.242 e. The molecule has 0 bridgehead atoms. The maximum Gasteiger partial charge on any atom is 0.242 e. The molecule has 9 heteroatoms. The molecule has 0 heterocycles. The van der Waals surface area contributed by atoms with Crippen LogP contribution in [0.1, 0.15) is 12.5 Å². The van der Waals surface area contributed by atoms with Crippen LogP contribution in [0.25, 0.3) is 0 Å². The van der Waals surface area contributed by atoms with Gasteiger partial charge in [0.05, 0.1) is 22.2 Å². The van der Waals surface area contributed by atoms with E-state index in [0.717, 1.165) is 5.56 Å². The monoisotopic (exact) mass is 476 g/mol. The van der Waals surface area contributed by atoms with E-state index in [1.54, 1.807) is 37.3 Å². The summed E-state index contributed by atoms with van der Waals surface area (Å²) in [7, 11) is -4.13. The van der Waals surface area contributed by atoms with Crippen molar-refractivity contribution in [2.24, 2.45) is 0 Å². The number of amides is 1. The van der Waals surface area contributed by atoms with Crippen molar-refractivity contribution >= 4 is 33.2 Å². The standard InChI is InChI=1S/C23H22ClFN2O4S/c1-2-31-22-13-12-17(15-18(22)24)32(29,30)27-21(14-16-8-4-3-5-9-16)23(28)26-20-11-7-6-10-19(20)25/h3-13,15,21,27H,2,14H2,1H3,(H,26,28)/t21-/m1/s1. The number of hydrogen-bond acceptors (Lipinski definition) is 4. The molecule has 0 unspecified atom stereocenters. The lowest BCUT2D eigenvalue weighted by Gasteiger charge is -2.19. The van der Waals surface area contributed by atoms with Crippen molar-refractivity contribution in [3.63, 3.8) is 0 Å². The van der Waals surface area contributed by atoms with Crippen LogP contribution in [0.15, 0.2) is 77.7 Å². The second-order valence-electron chi connectivity index (χ2n) is 6.86. The number of rotatable bonds is 9. The summed E-state index contributed by atoms with van der Waals surface area (Å²) in [6.45, 7) is 2.16. The molecule has 0 saturated carbocycles. The van der Waals surface area contributed by atoms with Gasteiger partial charge in [-0.3, -0.25) is 4.79 Å². The number of carbonyl (C=O) groups excluding carboxylic acids is 1. The fraction of sp³-hybridized carbons (Fsp3) is 0.174. The van der Waals surface area contributed by atoms with Crippen molar-refractivity contribution in [1.29, 1.82) is 0 Å². The molecular formula is C23H22ClFN2O4S. The van der Waals surface area contributed by atoms with E-state index in [-0.39, 0.29) is 22.0 Å². The molecule has 3 rings (SSSR count). The second kappa shape index (κ2) is 10.6. The lowest BCUT2D eigenvalue weighted by atomic mass is 10.1. The highest BCUT2D eigenvalue weighted by Gasteiger charge is 2.27. The van der Waals surface area contributed by atoms with Gasteiger partial charge < -0.3 is 10.1 Å². The fourth-order valence-corrected chi connectivity index (χ4v) is 4.52. The first kappa shape index (κ1) is 23.7. The number of ether oxygens (including phenoxy) is 1. The third-order valence-electron chi connectivity index (χ3n) is 4.54. The Hall–Kier alpha value is -2.94.